The third kappa shape index (κ3) is 1.85. The summed E-state index contributed by atoms with van der Waals surface area (Å²) in [5.41, 5.74) is 2.96. The largest absolute Gasteiger partial charge is 0.392 e. The molecular weight excluding hydrogens is 248 g/mol. The van der Waals surface area contributed by atoms with Gasteiger partial charge < -0.3 is 9.84 Å². The van der Waals surface area contributed by atoms with Gasteiger partial charge in [-0.2, -0.15) is 0 Å². The van der Waals surface area contributed by atoms with Gasteiger partial charge >= 0.3 is 0 Å². The summed E-state index contributed by atoms with van der Waals surface area (Å²) in [5, 5.41) is 10.2. The molecule has 2 nitrogen and oxygen atoms in total. The Morgan fingerprint density at radius 2 is 1.90 bits per heavy atom. The summed E-state index contributed by atoms with van der Waals surface area (Å²) in [7, 11) is 0. The maximum Gasteiger partial charge on any atom is 0.0831 e. The molecular formula is C18H24O2. The Morgan fingerprint density at radius 3 is 2.70 bits per heavy atom. The van der Waals surface area contributed by atoms with E-state index in [1.807, 2.05) is 0 Å². The van der Waals surface area contributed by atoms with Crippen molar-refractivity contribution in [3.63, 3.8) is 0 Å². The first-order valence-electron chi connectivity index (χ1n) is 8.21. The zero-order valence-electron chi connectivity index (χ0n) is 12.1. The van der Waals surface area contributed by atoms with E-state index < -0.39 is 0 Å². The number of hydrogen-bond donors (Lipinski definition) is 1. The van der Waals surface area contributed by atoms with Crippen LogP contribution < -0.4 is 0 Å². The topological polar surface area (TPSA) is 29.5 Å². The first-order valence-corrected chi connectivity index (χ1v) is 8.21. The maximum absolute atomic E-state index is 10.2. The molecule has 3 unspecified atom stereocenters. The van der Waals surface area contributed by atoms with Crippen molar-refractivity contribution in [2.75, 3.05) is 0 Å². The fourth-order valence-electron chi connectivity index (χ4n) is 4.65. The molecule has 3 aliphatic rings. The van der Waals surface area contributed by atoms with Crippen LogP contribution in [0.3, 0.4) is 0 Å². The lowest BCUT2D eigenvalue weighted by atomic mass is 9.62. The van der Waals surface area contributed by atoms with E-state index in [1.54, 1.807) is 0 Å². The highest BCUT2D eigenvalue weighted by atomic mass is 16.5. The first kappa shape index (κ1) is 12.8. The van der Waals surface area contributed by atoms with E-state index in [4.69, 9.17) is 4.74 Å². The minimum Gasteiger partial charge on any atom is -0.392 e. The minimum atomic E-state index is -0.117. The molecule has 4 rings (SSSR count). The quantitative estimate of drug-likeness (QED) is 0.888. The van der Waals surface area contributed by atoms with Gasteiger partial charge in [0.1, 0.15) is 0 Å². The number of rotatable bonds is 2. The molecule has 2 heteroatoms. The van der Waals surface area contributed by atoms with Gasteiger partial charge in [0.25, 0.3) is 0 Å². The van der Waals surface area contributed by atoms with Crippen molar-refractivity contribution in [3.05, 3.63) is 35.4 Å². The summed E-state index contributed by atoms with van der Waals surface area (Å²) in [6, 6.07) is 8.73. The Kier molecular flexibility index (Phi) is 3.12. The summed E-state index contributed by atoms with van der Waals surface area (Å²) in [6.07, 6.45) is 9.67. The smallest absolute Gasteiger partial charge is 0.0831 e. The zero-order valence-corrected chi connectivity index (χ0v) is 12.1. The van der Waals surface area contributed by atoms with E-state index in [9.17, 15) is 5.11 Å². The number of hydrogen-bond acceptors (Lipinski definition) is 2. The summed E-state index contributed by atoms with van der Waals surface area (Å²) < 4.78 is 6.50. The normalized spacial score (nSPS) is 34.8. The van der Waals surface area contributed by atoms with Gasteiger partial charge in [-0.3, -0.25) is 0 Å². The minimum absolute atomic E-state index is 0.104. The Labute approximate surface area is 121 Å². The fraction of sp³-hybridized carbons (Fsp3) is 0.667. The second kappa shape index (κ2) is 4.85. The zero-order chi connectivity index (χ0) is 13.6. The molecule has 0 heterocycles. The van der Waals surface area contributed by atoms with Gasteiger partial charge in [-0.1, -0.05) is 37.1 Å². The Hall–Kier alpha value is -0.860. The Balaban J connectivity index is 1.53. The molecule has 1 aromatic carbocycles. The molecule has 1 aromatic rings. The van der Waals surface area contributed by atoms with Crippen molar-refractivity contribution < 1.29 is 9.84 Å². The third-order valence-electron chi connectivity index (χ3n) is 5.92. The molecule has 0 radical (unpaired) electrons. The average molecular weight is 272 g/mol. The standard InChI is InChI=1S/C18H24O2/c19-16-12-17(18(16)10-3-4-11-18)20-15-9-5-7-13-6-1-2-8-14(13)15/h1-2,6,8,15-17,19H,3-5,7,9-12H2. The van der Waals surface area contributed by atoms with Crippen molar-refractivity contribution in [1.29, 1.82) is 0 Å². The molecule has 1 N–H and O–H groups in total. The molecule has 3 aliphatic carbocycles. The molecule has 2 saturated carbocycles. The molecule has 20 heavy (non-hydrogen) atoms. The van der Waals surface area contributed by atoms with Crippen LogP contribution in [0.25, 0.3) is 0 Å². The van der Waals surface area contributed by atoms with Crippen molar-refractivity contribution in [2.45, 2.75) is 69.7 Å². The van der Waals surface area contributed by atoms with Gasteiger partial charge in [0.2, 0.25) is 0 Å². The monoisotopic (exact) mass is 272 g/mol. The van der Waals surface area contributed by atoms with Gasteiger partial charge in [0, 0.05) is 11.8 Å². The summed E-state index contributed by atoms with van der Waals surface area (Å²) in [4.78, 5) is 0. The molecule has 0 amide bonds. The van der Waals surface area contributed by atoms with Gasteiger partial charge in [0.05, 0.1) is 18.3 Å². The number of aliphatic hydroxyl groups is 1. The first-order chi connectivity index (χ1) is 9.79. The number of aryl methyl sites for hydroxylation is 1. The molecule has 1 spiro atoms. The van der Waals surface area contributed by atoms with Crippen molar-refractivity contribution >= 4 is 0 Å². The average Bonchev–Trinajstić information content (AvgIpc) is 3.00. The lowest BCUT2D eigenvalue weighted by molar-refractivity contribution is -0.211. The predicted octanol–water partition coefficient (Wildman–Crippen LogP) is 3.77. The molecule has 2 fully saturated rings. The summed E-state index contributed by atoms with van der Waals surface area (Å²) in [6.45, 7) is 0. The van der Waals surface area contributed by atoms with Gasteiger partial charge in [0.15, 0.2) is 0 Å². The Bertz CT molecular complexity index is 490. The van der Waals surface area contributed by atoms with E-state index in [0.29, 0.717) is 0 Å². The predicted molar refractivity (Wildman–Crippen MR) is 78.5 cm³/mol. The maximum atomic E-state index is 10.2. The number of ether oxygens (including phenoxy) is 1. The van der Waals surface area contributed by atoms with Crippen LogP contribution in [0.1, 0.15) is 62.2 Å². The lowest BCUT2D eigenvalue weighted by Crippen LogP contribution is -2.57. The molecule has 0 saturated heterocycles. The van der Waals surface area contributed by atoms with Crippen LogP contribution in [0.2, 0.25) is 0 Å². The van der Waals surface area contributed by atoms with Gasteiger partial charge in [-0.25, -0.2) is 0 Å². The van der Waals surface area contributed by atoms with Crippen LogP contribution in [0.15, 0.2) is 24.3 Å². The number of aliphatic hydroxyl groups excluding tert-OH is 1. The van der Waals surface area contributed by atoms with Crippen LogP contribution >= 0.6 is 0 Å². The Morgan fingerprint density at radius 1 is 1.10 bits per heavy atom. The van der Waals surface area contributed by atoms with Crippen LogP contribution in [-0.2, 0) is 11.2 Å². The van der Waals surface area contributed by atoms with E-state index in [0.717, 1.165) is 25.7 Å². The fourth-order valence-corrected chi connectivity index (χ4v) is 4.65. The third-order valence-corrected chi connectivity index (χ3v) is 5.92. The van der Waals surface area contributed by atoms with E-state index in [2.05, 4.69) is 24.3 Å². The van der Waals surface area contributed by atoms with Crippen LogP contribution in [-0.4, -0.2) is 17.3 Å². The van der Waals surface area contributed by atoms with Gasteiger partial charge in [-0.05, 0) is 43.2 Å². The molecule has 0 aromatic heterocycles. The summed E-state index contributed by atoms with van der Waals surface area (Å²) >= 11 is 0. The SMILES string of the molecule is OC1CC(OC2CCCc3ccccc32)C12CCCC2. The lowest BCUT2D eigenvalue weighted by Gasteiger charge is -2.52. The number of benzene rings is 1. The van der Waals surface area contributed by atoms with Gasteiger partial charge in [-0.15, -0.1) is 0 Å². The van der Waals surface area contributed by atoms with Crippen LogP contribution in [0.4, 0.5) is 0 Å². The molecule has 108 valence electrons. The molecule has 0 bridgehead atoms. The highest BCUT2D eigenvalue weighted by Crippen LogP contribution is 2.56. The van der Waals surface area contributed by atoms with Crippen molar-refractivity contribution in [1.82, 2.24) is 0 Å². The van der Waals surface area contributed by atoms with Crippen molar-refractivity contribution in [2.24, 2.45) is 5.41 Å². The summed E-state index contributed by atoms with van der Waals surface area (Å²) in [5.74, 6) is 0. The highest BCUT2D eigenvalue weighted by Gasteiger charge is 2.56. The number of fused-ring (bicyclic) bond motifs is 1. The second-order valence-electron chi connectivity index (χ2n) is 6.90. The highest BCUT2D eigenvalue weighted by molar-refractivity contribution is 5.31. The van der Waals surface area contributed by atoms with Crippen LogP contribution in [0.5, 0.6) is 0 Å². The van der Waals surface area contributed by atoms with E-state index in [1.165, 1.54) is 36.8 Å². The molecule has 3 atom stereocenters. The second-order valence-corrected chi connectivity index (χ2v) is 6.90. The van der Waals surface area contributed by atoms with E-state index in [-0.39, 0.29) is 23.7 Å². The molecule has 0 aliphatic heterocycles. The van der Waals surface area contributed by atoms with Crippen molar-refractivity contribution in [3.8, 4) is 0 Å². The van der Waals surface area contributed by atoms with E-state index >= 15 is 0 Å². The van der Waals surface area contributed by atoms with Crippen LogP contribution in [0, 0.1) is 5.41 Å².